The molecule has 0 saturated carbocycles. The van der Waals surface area contributed by atoms with Gasteiger partial charge in [-0.05, 0) is 24.3 Å². The van der Waals surface area contributed by atoms with E-state index in [1.165, 1.54) is 18.6 Å². The lowest BCUT2D eigenvalue weighted by molar-refractivity contribution is -0.138. The highest BCUT2D eigenvalue weighted by atomic mass is 32.1. The second-order valence-electron chi connectivity index (χ2n) is 6.76. The summed E-state index contributed by atoms with van der Waals surface area (Å²) >= 11 is 0.957. The van der Waals surface area contributed by atoms with Crippen molar-refractivity contribution in [1.29, 1.82) is 0 Å². The molecule has 2 amide bonds. The average molecular weight is 489 g/mol. The lowest BCUT2D eigenvalue weighted by Gasteiger charge is -2.11. The third kappa shape index (κ3) is 5.17. The maximum atomic E-state index is 12.9. The van der Waals surface area contributed by atoms with Crippen LogP contribution in [0.2, 0.25) is 0 Å². The minimum absolute atomic E-state index is 0.000736. The fourth-order valence-electron chi connectivity index (χ4n) is 2.81. The molecule has 0 aliphatic carbocycles. The molecule has 10 nitrogen and oxygen atoms in total. The molecular formula is C20H14F3N7O3S. The van der Waals surface area contributed by atoms with E-state index < -0.39 is 29.3 Å². The summed E-state index contributed by atoms with van der Waals surface area (Å²) in [5.41, 5.74) is -0.101. The van der Waals surface area contributed by atoms with Crippen LogP contribution in [0.25, 0.3) is 11.3 Å². The fourth-order valence-corrected chi connectivity index (χ4v) is 3.56. The van der Waals surface area contributed by atoms with Crippen molar-refractivity contribution in [2.45, 2.75) is 12.7 Å². The Balaban J connectivity index is 1.38. The number of halogens is 3. The molecule has 0 radical (unpaired) electrons. The predicted molar refractivity (Wildman–Crippen MR) is 114 cm³/mol. The van der Waals surface area contributed by atoms with Gasteiger partial charge in [-0.2, -0.15) is 18.3 Å². The van der Waals surface area contributed by atoms with Crippen molar-refractivity contribution in [3.8, 4) is 17.0 Å². The topological polar surface area (TPSA) is 146 Å². The van der Waals surface area contributed by atoms with E-state index in [9.17, 15) is 27.9 Å². The van der Waals surface area contributed by atoms with Crippen LogP contribution in [0.3, 0.4) is 0 Å². The largest absolute Gasteiger partial charge is 0.507 e. The van der Waals surface area contributed by atoms with Crippen LogP contribution in [0.15, 0.2) is 49.2 Å². The first-order chi connectivity index (χ1) is 16.2. The molecule has 3 aromatic heterocycles. The molecule has 0 spiro atoms. The zero-order valence-corrected chi connectivity index (χ0v) is 17.7. The summed E-state index contributed by atoms with van der Waals surface area (Å²) < 4.78 is 38.8. The monoisotopic (exact) mass is 489 g/mol. The highest BCUT2D eigenvalue weighted by Gasteiger charge is 2.34. The van der Waals surface area contributed by atoms with Gasteiger partial charge in [0.25, 0.3) is 11.8 Å². The van der Waals surface area contributed by atoms with Crippen LogP contribution in [-0.2, 0) is 12.7 Å². The molecule has 0 aliphatic rings. The van der Waals surface area contributed by atoms with Gasteiger partial charge in [0.1, 0.15) is 27.7 Å². The van der Waals surface area contributed by atoms with Crippen LogP contribution in [0.1, 0.15) is 30.7 Å². The van der Waals surface area contributed by atoms with Crippen LogP contribution < -0.4 is 10.6 Å². The van der Waals surface area contributed by atoms with Gasteiger partial charge in [-0.1, -0.05) is 0 Å². The van der Waals surface area contributed by atoms with Crippen LogP contribution in [-0.4, -0.2) is 42.1 Å². The number of aromatic hydroxyl groups is 1. The highest BCUT2D eigenvalue weighted by Crippen LogP contribution is 2.37. The Morgan fingerprint density at radius 3 is 2.65 bits per heavy atom. The van der Waals surface area contributed by atoms with Crippen LogP contribution in [0.5, 0.6) is 5.75 Å². The van der Waals surface area contributed by atoms with Crippen LogP contribution in [0, 0.1) is 0 Å². The average Bonchev–Trinajstić information content (AvgIpc) is 3.50. The molecule has 0 fully saturated rings. The van der Waals surface area contributed by atoms with Gasteiger partial charge in [0.05, 0.1) is 30.2 Å². The van der Waals surface area contributed by atoms with Gasteiger partial charge in [0.15, 0.2) is 0 Å². The third-order valence-electron chi connectivity index (χ3n) is 4.43. The molecule has 0 bridgehead atoms. The maximum absolute atomic E-state index is 12.9. The van der Waals surface area contributed by atoms with Gasteiger partial charge >= 0.3 is 6.18 Å². The Morgan fingerprint density at radius 2 is 1.91 bits per heavy atom. The molecule has 0 aliphatic heterocycles. The SMILES string of the molecule is O=C(NCc1ncc(C(=O)Nc2ccc(O)c(C(F)(F)F)c2)s1)c1cc(-c2cn[nH]c2)ncn1. The fraction of sp³-hybridized carbons (Fsp3) is 0.100. The maximum Gasteiger partial charge on any atom is 0.420 e. The first-order valence-electron chi connectivity index (χ1n) is 9.46. The molecule has 4 N–H and O–H groups in total. The van der Waals surface area contributed by atoms with Crippen LogP contribution in [0.4, 0.5) is 18.9 Å². The van der Waals surface area contributed by atoms with E-state index in [0.29, 0.717) is 22.3 Å². The van der Waals surface area contributed by atoms with Crippen molar-refractivity contribution >= 4 is 28.8 Å². The quantitative estimate of drug-likeness (QED) is 0.304. The summed E-state index contributed by atoms with van der Waals surface area (Å²) in [6, 6.07) is 4.12. The van der Waals surface area contributed by atoms with Crippen molar-refractivity contribution in [1.82, 2.24) is 30.5 Å². The van der Waals surface area contributed by atoms with Gasteiger partial charge < -0.3 is 15.7 Å². The van der Waals surface area contributed by atoms with Crippen molar-refractivity contribution in [3.63, 3.8) is 0 Å². The van der Waals surface area contributed by atoms with E-state index in [2.05, 4.69) is 35.8 Å². The summed E-state index contributed by atoms with van der Waals surface area (Å²) in [5.74, 6) is -2.12. The van der Waals surface area contributed by atoms with Gasteiger partial charge in [0, 0.05) is 17.4 Å². The van der Waals surface area contributed by atoms with E-state index in [1.54, 1.807) is 12.4 Å². The number of thiazole rings is 1. The molecule has 0 saturated heterocycles. The van der Waals surface area contributed by atoms with Gasteiger partial charge in [-0.25, -0.2) is 15.0 Å². The van der Waals surface area contributed by atoms with Crippen molar-refractivity contribution in [2.24, 2.45) is 0 Å². The van der Waals surface area contributed by atoms with Gasteiger partial charge in [0.2, 0.25) is 0 Å². The van der Waals surface area contributed by atoms with E-state index >= 15 is 0 Å². The number of phenolic OH excluding ortho intramolecular Hbond substituents is 1. The zero-order valence-electron chi connectivity index (χ0n) is 16.9. The number of aromatic nitrogens is 5. The number of aromatic amines is 1. The summed E-state index contributed by atoms with van der Waals surface area (Å²) in [5, 5.41) is 21.2. The second-order valence-corrected chi connectivity index (χ2v) is 7.88. The molecule has 4 aromatic rings. The number of carbonyl (C=O) groups excluding carboxylic acids is 2. The third-order valence-corrected chi connectivity index (χ3v) is 5.43. The first kappa shape index (κ1) is 22.8. The van der Waals surface area contributed by atoms with Crippen LogP contribution >= 0.6 is 11.3 Å². The molecule has 0 unspecified atom stereocenters. The second kappa shape index (κ2) is 9.27. The number of hydrogen-bond donors (Lipinski definition) is 4. The number of hydrogen-bond acceptors (Lipinski definition) is 8. The normalized spacial score (nSPS) is 11.3. The van der Waals surface area contributed by atoms with Crippen molar-refractivity contribution < 1.29 is 27.9 Å². The summed E-state index contributed by atoms with van der Waals surface area (Å²) in [4.78, 5) is 37.0. The Morgan fingerprint density at radius 1 is 1.09 bits per heavy atom. The summed E-state index contributed by atoms with van der Waals surface area (Å²) in [6.07, 6.45) is 0.886. The standard InChI is InChI=1S/C20H14F3N7O3S/c21-20(22,23)12-3-11(1-2-15(12)31)30-19(33)16-7-24-17(34-16)8-25-18(32)14-4-13(26-9-27-14)10-5-28-29-6-10/h1-7,9,31H,8H2,(H,25,32)(H,28,29)(H,30,33). The number of rotatable bonds is 6. The number of phenols is 1. The first-order valence-corrected chi connectivity index (χ1v) is 10.3. The number of H-pyrrole nitrogens is 1. The Hall–Kier alpha value is -4.33. The lowest BCUT2D eigenvalue weighted by Crippen LogP contribution is -2.23. The summed E-state index contributed by atoms with van der Waals surface area (Å²) in [7, 11) is 0. The Kier molecular flexibility index (Phi) is 6.23. The highest BCUT2D eigenvalue weighted by molar-refractivity contribution is 7.13. The Labute approximate surface area is 192 Å². The predicted octanol–water partition coefficient (Wildman–Crippen LogP) is 3.23. The molecular weight excluding hydrogens is 475 g/mol. The number of anilines is 1. The minimum Gasteiger partial charge on any atom is -0.507 e. The number of amides is 2. The van der Waals surface area contributed by atoms with Gasteiger partial charge in [-0.3, -0.25) is 14.7 Å². The van der Waals surface area contributed by atoms with Crippen molar-refractivity contribution in [3.05, 3.63) is 70.3 Å². The zero-order chi connectivity index (χ0) is 24.3. The molecule has 174 valence electrons. The summed E-state index contributed by atoms with van der Waals surface area (Å²) in [6.45, 7) is -0.000736. The number of alkyl halides is 3. The minimum atomic E-state index is -4.77. The molecule has 0 atom stereocenters. The molecule has 3 heterocycles. The number of benzene rings is 1. The van der Waals surface area contributed by atoms with Crippen molar-refractivity contribution in [2.75, 3.05) is 5.32 Å². The molecule has 34 heavy (non-hydrogen) atoms. The van der Waals surface area contributed by atoms with E-state index in [1.807, 2.05) is 0 Å². The molecule has 1 aromatic carbocycles. The number of nitrogens with one attached hydrogen (secondary N) is 3. The number of nitrogens with zero attached hydrogens (tertiary/aromatic N) is 4. The molecule has 4 rings (SSSR count). The molecule has 14 heteroatoms. The van der Waals surface area contributed by atoms with E-state index in [4.69, 9.17) is 0 Å². The van der Waals surface area contributed by atoms with Gasteiger partial charge in [-0.15, -0.1) is 11.3 Å². The smallest absolute Gasteiger partial charge is 0.420 e. The van der Waals surface area contributed by atoms with E-state index in [-0.39, 0.29) is 22.8 Å². The Bertz CT molecular complexity index is 1340. The number of carbonyl (C=O) groups is 2. The lowest BCUT2D eigenvalue weighted by atomic mass is 10.1. The van der Waals surface area contributed by atoms with E-state index in [0.717, 1.165) is 23.5 Å².